The second-order valence-corrected chi connectivity index (χ2v) is 17.9. The second-order valence-electron chi connectivity index (χ2n) is 17.9. The Morgan fingerprint density at radius 2 is 1.34 bits per heavy atom. The number of nitrogens with zero attached hydrogens (tertiary/aromatic N) is 6. The Morgan fingerprint density at radius 1 is 0.770 bits per heavy atom. The number of ether oxygens (including phenoxy) is 1. The van der Waals surface area contributed by atoms with E-state index in [1.54, 1.807) is 15.8 Å². The van der Waals surface area contributed by atoms with Gasteiger partial charge in [-0.1, -0.05) is 67.6 Å². The minimum Gasteiger partial charge on any atom is -0.443 e. The SMILES string of the molecule is CCC(=O)N1c2ccccc2[C@H](N(C(=O)OC(C)(C)C)c2ccc(CCn3cc(C(=O)NC4CCC(N[C@@H]5C[C@H](C)N(C(=O)CC)c6ccccc65)CC4)nn3)cc2)C[C@@H]1C. The summed E-state index contributed by atoms with van der Waals surface area (Å²) in [6, 6.07) is 24.2. The Kier molecular flexibility index (Phi) is 13.3. The summed E-state index contributed by atoms with van der Waals surface area (Å²) in [7, 11) is 0. The Hall–Kier alpha value is -5.56. The number of para-hydroxylation sites is 2. The van der Waals surface area contributed by atoms with Crippen LogP contribution in [0.2, 0.25) is 0 Å². The molecule has 0 unspecified atom stereocenters. The van der Waals surface area contributed by atoms with Crippen LogP contribution in [-0.2, 0) is 27.3 Å². The van der Waals surface area contributed by atoms with E-state index in [9.17, 15) is 19.2 Å². The molecule has 324 valence electrons. The number of benzene rings is 3. The normalized spacial score (nSPS) is 22.5. The van der Waals surface area contributed by atoms with Crippen LogP contribution in [-0.4, -0.2) is 68.6 Å². The van der Waals surface area contributed by atoms with E-state index in [4.69, 9.17) is 4.74 Å². The van der Waals surface area contributed by atoms with Crippen LogP contribution in [0.4, 0.5) is 21.9 Å². The lowest BCUT2D eigenvalue weighted by Crippen LogP contribution is -2.48. The number of anilines is 3. The highest BCUT2D eigenvalue weighted by atomic mass is 16.6. The minimum atomic E-state index is -0.701. The molecule has 7 rings (SSSR count). The van der Waals surface area contributed by atoms with Crippen LogP contribution in [0.5, 0.6) is 0 Å². The molecule has 3 aromatic carbocycles. The average molecular weight is 831 g/mol. The molecule has 4 atom stereocenters. The molecule has 1 saturated carbocycles. The molecule has 1 aliphatic carbocycles. The predicted molar refractivity (Wildman–Crippen MR) is 238 cm³/mol. The highest BCUT2D eigenvalue weighted by molar-refractivity contribution is 5.97. The van der Waals surface area contributed by atoms with E-state index < -0.39 is 11.7 Å². The van der Waals surface area contributed by atoms with Gasteiger partial charge in [0, 0.05) is 66.7 Å². The molecule has 4 aromatic rings. The van der Waals surface area contributed by atoms with Gasteiger partial charge in [0.05, 0.1) is 12.2 Å². The number of aryl methyl sites for hydroxylation is 2. The summed E-state index contributed by atoms with van der Waals surface area (Å²) in [6.07, 6.45) is 7.83. The number of hydrogen-bond donors (Lipinski definition) is 2. The monoisotopic (exact) mass is 830 g/mol. The van der Waals surface area contributed by atoms with Crippen LogP contribution in [0.1, 0.15) is 139 Å². The molecule has 3 heterocycles. The van der Waals surface area contributed by atoms with Crippen molar-refractivity contribution in [1.29, 1.82) is 0 Å². The molecule has 13 heteroatoms. The lowest BCUT2D eigenvalue weighted by molar-refractivity contribution is -0.119. The first kappa shape index (κ1) is 43.5. The predicted octanol–water partition coefficient (Wildman–Crippen LogP) is 8.45. The van der Waals surface area contributed by atoms with E-state index in [1.807, 2.05) is 112 Å². The topological polar surface area (TPSA) is 142 Å². The van der Waals surface area contributed by atoms with Gasteiger partial charge >= 0.3 is 6.09 Å². The number of aromatic nitrogens is 3. The molecule has 61 heavy (non-hydrogen) atoms. The fourth-order valence-electron chi connectivity index (χ4n) is 9.35. The maximum atomic E-state index is 14.0. The van der Waals surface area contributed by atoms with Gasteiger partial charge in [0.2, 0.25) is 11.8 Å². The van der Waals surface area contributed by atoms with E-state index in [0.29, 0.717) is 49.7 Å². The lowest BCUT2D eigenvalue weighted by Gasteiger charge is -2.43. The zero-order valence-corrected chi connectivity index (χ0v) is 36.8. The van der Waals surface area contributed by atoms with Crippen LogP contribution >= 0.6 is 0 Å². The molecule has 2 aliphatic heterocycles. The molecule has 0 radical (unpaired) electrons. The van der Waals surface area contributed by atoms with Crippen LogP contribution < -0.4 is 25.3 Å². The first-order valence-electron chi connectivity index (χ1n) is 22.1. The van der Waals surface area contributed by atoms with E-state index in [2.05, 4.69) is 40.0 Å². The Morgan fingerprint density at radius 3 is 1.97 bits per heavy atom. The maximum absolute atomic E-state index is 14.0. The van der Waals surface area contributed by atoms with Crippen molar-refractivity contribution in [3.05, 3.63) is 101 Å². The summed E-state index contributed by atoms with van der Waals surface area (Å²) in [5, 5.41) is 15.5. The van der Waals surface area contributed by atoms with Gasteiger partial charge < -0.3 is 25.2 Å². The second kappa shape index (κ2) is 18.6. The standard InChI is InChI=1S/C48H62N8O5/c1-8-44(57)54-31(3)28-39(37-14-10-12-16-41(37)54)49-34-20-22-35(23-21-34)50-46(59)40-30-53(52-51-40)27-26-33-18-24-36(25-19-33)56(47(60)61-48(5,6)7)43-29-32(4)55(45(58)9-2)42-17-13-11-15-38(42)43/h10-19,24-25,30-32,34-35,39,43,49H,8-9,20-23,26-29H2,1-7H3,(H,50,59)/t31-,32-,34?,35?,39+,43+/m0/s1. The fraction of sp³-hybridized carbons (Fsp3) is 0.500. The average Bonchev–Trinajstić information content (AvgIpc) is 3.73. The number of fused-ring (bicyclic) bond motifs is 2. The van der Waals surface area contributed by atoms with Crippen LogP contribution in [0.3, 0.4) is 0 Å². The minimum absolute atomic E-state index is 0.0512. The Balaban J connectivity index is 0.941. The van der Waals surface area contributed by atoms with Crippen molar-refractivity contribution in [1.82, 2.24) is 25.6 Å². The van der Waals surface area contributed by atoms with Gasteiger partial charge in [-0.05, 0) is 121 Å². The summed E-state index contributed by atoms with van der Waals surface area (Å²) in [4.78, 5) is 58.6. The summed E-state index contributed by atoms with van der Waals surface area (Å²) in [5.74, 6) is -0.0106. The highest BCUT2D eigenvalue weighted by Gasteiger charge is 2.40. The van der Waals surface area contributed by atoms with Crippen molar-refractivity contribution in [2.75, 3.05) is 14.7 Å². The summed E-state index contributed by atoms with van der Waals surface area (Å²) in [6.45, 7) is 14.0. The molecule has 0 spiro atoms. The van der Waals surface area contributed by atoms with Crippen molar-refractivity contribution >= 4 is 40.9 Å². The van der Waals surface area contributed by atoms with Crippen molar-refractivity contribution in [2.24, 2.45) is 0 Å². The number of nitrogens with one attached hydrogen (secondary N) is 2. The van der Waals surface area contributed by atoms with E-state index in [1.165, 1.54) is 5.56 Å². The lowest BCUT2D eigenvalue weighted by atomic mass is 9.87. The number of carbonyl (C=O) groups is 4. The maximum Gasteiger partial charge on any atom is 0.415 e. The third-order valence-electron chi connectivity index (χ3n) is 12.3. The third-order valence-corrected chi connectivity index (χ3v) is 12.3. The van der Waals surface area contributed by atoms with Crippen LogP contribution in [0.25, 0.3) is 0 Å². The summed E-state index contributed by atoms with van der Waals surface area (Å²) in [5.41, 5.74) is 5.25. The molecule has 1 aromatic heterocycles. The van der Waals surface area contributed by atoms with Crippen molar-refractivity contribution in [2.45, 2.75) is 155 Å². The third kappa shape index (κ3) is 9.82. The van der Waals surface area contributed by atoms with Gasteiger partial charge in [0.25, 0.3) is 5.91 Å². The van der Waals surface area contributed by atoms with Crippen LogP contribution in [0.15, 0.2) is 79.0 Å². The Bertz CT molecular complexity index is 2190. The number of hydrogen-bond acceptors (Lipinski definition) is 8. The van der Waals surface area contributed by atoms with E-state index in [-0.39, 0.29) is 47.9 Å². The van der Waals surface area contributed by atoms with E-state index >= 15 is 0 Å². The van der Waals surface area contributed by atoms with Gasteiger partial charge in [0.1, 0.15) is 5.60 Å². The smallest absolute Gasteiger partial charge is 0.415 e. The number of carbonyl (C=O) groups excluding carboxylic acids is 4. The molecular formula is C48H62N8O5. The van der Waals surface area contributed by atoms with E-state index in [0.717, 1.165) is 54.6 Å². The quantitative estimate of drug-likeness (QED) is 0.154. The molecule has 4 amide bonds. The van der Waals surface area contributed by atoms with Crippen LogP contribution in [0, 0.1) is 0 Å². The number of rotatable bonds is 11. The van der Waals surface area contributed by atoms with Gasteiger partial charge in [-0.2, -0.15) is 0 Å². The molecule has 3 aliphatic rings. The fourth-order valence-corrected chi connectivity index (χ4v) is 9.35. The van der Waals surface area contributed by atoms with Gasteiger partial charge in [-0.15, -0.1) is 5.10 Å². The van der Waals surface area contributed by atoms with Crippen molar-refractivity contribution in [3.8, 4) is 0 Å². The van der Waals surface area contributed by atoms with Crippen molar-refractivity contribution < 1.29 is 23.9 Å². The van der Waals surface area contributed by atoms with Gasteiger partial charge in [0.15, 0.2) is 5.69 Å². The highest BCUT2D eigenvalue weighted by Crippen LogP contribution is 2.43. The molecule has 13 nitrogen and oxygen atoms in total. The summed E-state index contributed by atoms with van der Waals surface area (Å²) < 4.78 is 7.65. The zero-order chi connectivity index (χ0) is 43.4. The number of amides is 4. The summed E-state index contributed by atoms with van der Waals surface area (Å²) >= 11 is 0. The molecular weight excluding hydrogens is 769 g/mol. The zero-order valence-electron chi connectivity index (χ0n) is 36.8. The van der Waals surface area contributed by atoms with Gasteiger partial charge in [-0.25, -0.2) is 4.79 Å². The van der Waals surface area contributed by atoms with Gasteiger partial charge in [-0.3, -0.25) is 24.0 Å². The Labute approximate surface area is 360 Å². The first-order chi connectivity index (χ1) is 29.2. The molecule has 1 fully saturated rings. The molecule has 0 bridgehead atoms. The largest absolute Gasteiger partial charge is 0.443 e. The molecule has 2 N–H and O–H groups in total. The van der Waals surface area contributed by atoms with Crippen molar-refractivity contribution in [3.63, 3.8) is 0 Å². The molecule has 0 saturated heterocycles. The first-order valence-corrected chi connectivity index (χ1v) is 22.1.